The van der Waals surface area contributed by atoms with E-state index in [4.69, 9.17) is 10.00 Å². The van der Waals surface area contributed by atoms with E-state index in [1.165, 1.54) is 23.8 Å². The number of ether oxygens (including phenoxy) is 1. The van der Waals surface area contributed by atoms with Crippen LogP contribution in [-0.4, -0.2) is 12.5 Å². The van der Waals surface area contributed by atoms with Crippen LogP contribution >= 0.6 is 0 Å². The average molecular weight is 340 g/mol. The van der Waals surface area contributed by atoms with Crippen LogP contribution < -0.4 is 10.1 Å². The second-order valence-electron chi connectivity index (χ2n) is 5.97. The third-order valence-electron chi connectivity index (χ3n) is 3.80. The molecule has 0 radical (unpaired) electrons. The Hall–Kier alpha value is -2.87. The summed E-state index contributed by atoms with van der Waals surface area (Å²) in [5, 5.41) is 11.7. The molecule has 0 heterocycles. The van der Waals surface area contributed by atoms with Gasteiger partial charge >= 0.3 is 0 Å². The highest BCUT2D eigenvalue weighted by Gasteiger charge is 2.17. The van der Waals surface area contributed by atoms with Gasteiger partial charge in [0.15, 0.2) is 0 Å². The molecule has 0 aliphatic heterocycles. The number of halogens is 1. The minimum Gasteiger partial charge on any atom is -0.493 e. The predicted octanol–water partition coefficient (Wildman–Crippen LogP) is 4.10. The number of rotatable bonds is 7. The zero-order valence-electron chi connectivity index (χ0n) is 14.3. The summed E-state index contributed by atoms with van der Waals surface area (Å²) in [6.45, 7) is 4.41. The van der Waals surface area contributed by atoms with E-state index in [1.54, 1.807) is 6.07 Å². The smallest absolute Gasteiger partial charge is 0.224 e. The van der Waals surface area contributed by atoms with Gasteiger partial charge in [0.1, 0.15) is 17.6 Å². The van der Waals surface area contributed by atoms with Crippen LogP contribution in [0.2, 0.25) is 0 Å². The summed E-state index contributed by atoms with van der Waals surface area (Å²) in [7, 11) is 0. The first kappa shape index (κ1) is 18.5. The number of nitriles is 1. The van der Waals surface area contributed by atoms with E-state index in [0.717, 1.165) is 0 Å². The van der Waals surface area contributed by atoms with Gasteiger partial charge in [0.25, 0.3) is 0 Å². The van der Waals surface area contributed by atoms with Crippen LogP contribution in [0.4, 0.5) is 4.39 Å². The van der Waals surface area contributed by atoms with Crippen LogP contribution in [-0.2, 0) is 4.79 Å². The molecule has 0 bridgehead atoms. The van der Waals surface area contributed by atoms with Crippen molar-refractivity contribution in [1.29, 1.82) is 5.26 Å². The number of carbonyl (C=O) groups is 1. The van der Waals surface area contributed by atoms with Crippen molar-refractivity contribution in [3.05, 3.63) is 65.5 Å². The largest absolute Gasteiger partial charge is 0.493 e. The molecule has 0 spiro atoms. The minimum atomic E-state index is -1.01. The normalized spacial score (nSPS) is 11.6. The predicted molar refractivity (Wildman–Crippen MR) is 93.5 cm³/mol. The Morgan fingerprint density at radius 3 is 2.48 bits per heavy atom. The molecule has 130 valence electrons. The van der Waals surface area contributed by atoms with Gasteiger partial charge in [-0.15, -0.1) is 0 Å². The van der Waals surface area contributed by atoms with Gasteiger partial charge in [-0.1, -0.05) is 44.2 Å². The van der Waals surface area contributed by atoms with E-state index in [9.17, 15) is 9.18 Å². The molecule has 2 aromatic carbocycles. The van der Waals surface area contributed by atoms with Gasteiger partial charge in [0, 0.05) is 5.56 Å². The maximum Gasteiger partial charge on any atom is 0.224 e. The highest BCUT2D eigenvalue weighted by atomic mass is 19.1. The van der Waals surface area contributed by atoms with Crippen LogP contribution in [0.15, 0.2) is 48.5 Å². The molecule has 25 heavy (non-hydrogen) atoms. The first-order valence-electron chi connectivity index (χ1n) is 8.17. The Bertz CT molecular complexity index is 751. The number of nitrogens with one attached hydrogen (secondary N) is 1. The molecule has 1 amide bonds. The molecule has 2 rings (SSSR count). The number of benzene rings is 2. The van der Waals surface area contributed by atoms with Gasteiger partial charge in [-0.25, -0.2) is 4.39 Å². The maximum absolute atomic E-state index is 13.7. The van der Waals surface area contributed by atoms with Crippen LogP contribution in [0.25, 0.3) is 0 Å². The van der Waals surface area contributed by atoms with E-state index < -0.39 is 11.9 Å². The molecule has 1 N–H and O–H groups in total. The molecule has 1 unspecified atom stereocenters. The molecule has 4 nitrogen and oxygen atoms in total. The minimum absolute atomic E-state index is 0.0819. The maximum atomic E-state index is 13.7. The highest BCUT2D eigenvalue weighted by Crippen LogP contribution is 2.19. The van der Waals surface area contributed by atoms with Crippen molar-refractivity contribution in [2.45, 2.75) is 32.2 Å². The lowest BCUT2D eigenvalue weighted by molar-refractivity contribution is -0.122. The molecular weight excluding hydrogens is 319 g/mol. The van der Waals surface area contributed by atoms with Crippen molar-refractivity contribution < 1.29 is 13.9 Å². The quantitative estimate of drug-likeness (QED) is 0.825. The van der Waals surface area contributed by atoms with Crippen molar-refractivity contribution in [2.24, 2.45) is 0 Å². The van der Waals surface area contributed by atoms with Gasteiger partial charge in [0.05, 0.1) is 19.1 Å². The van der Waals surface area contributed by atoms with Gasteiger partial charge < -0.3 is 10.1 Å². The number of amides is 1. The second kappa shape index (κ2) is 8.84. The summed E-state index contributed by atoms with van der Waals surface area (Å²) < 4.78 is 19.3. The topological polar surface area (TPSA) is 62.1 Å². The fourth-order valence-electron chi connectivity index (χ4n) is 2.33. The van der Waals surface area contributed by atoms with Gasteiger partial charge in [0.2, 0.25) is 5.91 Å². The summed E-state index contributed by atoms with van der Waals surface area (Å²) in [6.07, 6.45) is 0.0819. The Morgan fingerprint density at radius 1 is 1.20 bits per heavy atom. The van der Waals surface area contributed by atoms with Crippen LogP contribution in [0.1, 0.15) is 43.4 Å². The van der Waals surface area contributed by atoms with Crippen LogP contribution in [0, 0.1) is 17.1 Å². The monoisotopic (exact) mass is 340 g/mol. The third-order valence-corrected chi connectivity index (χ3v) is 3.80. The molecule has 1 atom stereocenters. The van der Waals surface area contributed by atoms with Crippen molar-refractivity contribution in [3.63, 3.8) is 0 Å². The molecule has 0 fully saturated rings. The second-order valence-corrected chi connectivity index (χ2v) is 5.97. The Labute approximate surface area is 147 Å². The lowest BCUT2D eigenvalue weighted by Crippen LogP contribution is -2.29. The standard InChI is InChI=1S/C20H21FN2O2/c1-14(2)15-7-9-16(10-8-15)25-12-11-20(24)23-19(13-22)17-5-3-4-6-18(17)21/h3-10,14,19H,11-12H2,1-2H3,(H,23,24). The van der Waals surface area contributed by atoms with E-state index in [0.29, 0.717) is 11.7 Å². The Morgan fingerprint density at radius 2 is 1.88 bits per heavy atom. The lowest BCUT2D eigenvalue weighted by Gasteiger charge is -2.13. The summed E-state index contributed by atoms with van der Waals surface area (Å²) in [5.41, 5.74) is 1.37. The first-order chi connectivity index (χ1) is 12.0. The van der Waals surface area contributed by atoms with E-state index in [1.807, 2.05) is 30.3 Å². The molecule has 0 aliphatic rings. The Balaban J connectivity index is 1.84. The van der Waals surface area contributed by atoms with Gasteiger partial charge in [-0.3, -0.25) is 4.79 Å². The fourth-order valence-corrected chi connectivity index (χ4v) is 2.33. The summed E-state index contributed by atoms with van der Waals surface area (Å²) in [4.78, 5) is 12.0. The molecule has 0 saturated heterocycles. The van der Waals surface area contributed by atoms with Crippen LogP contribution in [0.3, 0.4) is 0 Å². The third kappa shape index (κ3) is 5.32. The van der Waals surface area contributed by atoms with Crippen molar-refractivity contribution in [3.8, 4) is 11.8 Å². The molecule has 5 heteroatoms. The van der Waals surface area contributed by atoms with Crippen LogP contribution in [0.5, 0.6) is 5.75 Å². The van der Waals surface area contributed by atoms with Gasteiger partial charge in [-0.05, 0) is 29.7 Å². The zero-order valence-corrected chi connectivity index (χ0v) is 14.3. The summed E-state index contributed by atoms with van der Waals surface area (Å²) in [6, 6.07) is 14.5. The van der Waals surface area contributed by atoms with Crippen molar-refractivity contribution in [2.75, 3.05) is 6.61 Å². The molecule has 0 aliphatic carbocycles. The summed E-state index contributed by atoms with van der Waals surface area (Å²) in [5.74, 6) is 0.244. The molecular formula is C20H21FN2O2. The Kier molecular flexibility index (Phi) is 6.53. The highest BCUT2D eigenvalue weighted by molar-refractivity contribution is 5.77. The number of hydrogen-bond donors (Lipinski definition) is 1. The molecule has 0 saturated carbocycles. The van der Waals surface area contributed by atoms with Gasteiger partial charge in [-0.2, -0.15) is 5.26 Å². The first-order valence-corrected chi connectivity index (χ1v) is 8.17. The van der Waals surface area contributed by atoms with E-state index >= 15 is 0 Å². The van der Waals surface area contributed by atoms with Crippen molar-refractivity contribution >= 4 is 5.91 Å². The molecule has 0 aromatic heterocycles. The fraction of sp³-hybridized carbons (Fsp3) is 0.300. The number of hydrogen-bond acceptors (Lipinski definition) is 3. The van der Waals surface area contributed by atoms with E-state index in [2.05, 4.69) is 19.2 Å². The summed E-state index contributed by atoms with van der Waals surface area (Å²) >= 11 is 0. The van der Waals surface area contributed by atoms with E-state index in [-0.39, 0.29) is 24.5 Å². The number of nitrogens with zero attached hydrogens (tertiary/aromatic N) is 1. The lowest BCUT2D eigenvalue weighted by atomic mass is 10.0. The van der Waals surface area contributed by atoms with Crippen molar-refractivity contribution in [1.82, 2.24) is 5.32 Å². The average Bonchev–Trinajstić information content (AvgIpc) is 2.61. The molecule has 2 aromatic rings. The SMILES string of the molecule is CC(C)c1ccc(OCCC(=O)NC(C#N)c2ccccc2F)cc1. The number of carbonyl (C=O) groups excluding carboxylic acids is 1. The zero-order chi connectivity index (χ0) is 18.2.